The van der Waals surface area contributed by atoms with E-state index in [0.717, 1.165) is 6.54 Å². The topological polar surface area (TPSA) is 6.48 Å². The van der Waals surface area contributed by atoms with Crippen molar-refractivity contribution in [1.82, 2.24) is 9.80 Å². The van der Waals surface area contributed by atoms with Crippen LogP contribution in [0.5, 0.6) is 0 Å². The van der Waals surface area contributed by atoms with Gasteiger partial charge in [-0.15, -0.1) is 0 Å². The summed E-state index contributed by atoms with van der Waals surface area (Å²) in [7, 11) is 1.07. The molecule has 1 aromatic carbocycles. The number of hydrogen-bond acceptors (Lipinski definition) is 2. The van der Waals surface area contributed by atoms with Gasteiger partial charge in [0.05, 0.1) is 8.07 Å². The molecule has 0 amide bonds. The zero-order chi connectivity index (χ0) is 13.2. The molecule has 1 saturated heterocycles. The molecule has 0 atom stereocenters. The molecule has 0 saturated carbocycles. The van der Waals surface area contributed by atoms with E-state index in [4.69, 9.17) is 0 Å². The second-order valence-electron chi connectivity index (χ2n) is 6.53. The maximum Gasteiger partial charge on any atom is 0.0775 e. The molecular weight excluding hydrogens is 236 g/mol. The molecule has 2 nitrogen and oxygen atoms in total. The van der Waals surface area contributed by atoms with Gasteiger partial charge in [-0.2, -0.15) is 0 Å². The molecule has 2 rings (SSSR count). The van der Waals surface area contributed by atoms with E-state index in [0.29, 0.717) is 0 Å². The summed E-state index contributed by atoms with van der Waals surface area (Å²) in [5.74, 6) is 0. The highest BCUT2D eigenvalue weighted by atomic mass is 28.3. The third-order valence-corrected chi connectivity index (χ3v) is 5.89. The van der Waals surface area contributed by atoms with Gasteiger partial charge in [0.1, 0.15) is 0 Å². The Morgan fingerprint density at radius 1 is 0.944 bits per heavy atom. The fourth-order valence-electron chi connectivity index (χ4n) is 2.37. The molecule has 3 heteroatoms. The van der Waals surface area contributed by atoms with Gasteiger partial charge in [0.2, 0.25) is 0 Å². The van der Waals surface area contributed by atoms with Crippen molar-refractivity contribution in [2.75, 3.05) is 33.2 Å². The van der Waals surface area contributed by atoms with Crippen molar-refractivity contribution in [1.29, 1.82) is 0 Å². The van der Waals surface area contributed by atoms with Crippen molar-refractivity contribution in [2.45, 2.75) is 26.2 Å². The Labute approximate surface area is 113 Å². The van der Waals surface area contributed by atoms with E-state index in [1.165, 1.54) is 31.7 Å². The van der Waals surface area contributed by atoms with Crippen LogP contribution in [0.1, 0.15) is 5.56 Å². The van der Waals surface area contributed by atoms with Gasteiger partial charge >= 0.3 is 0 Å². The molecule has 0 N–H and O–H groups in total. The average Bonchev–Trinajstić information content (AvgIpc) is 2.32. The molecule has 1 aliphatic rings. The van der Waals surface area contributed by atoms with Crippen molar-refractivity contribution in [3.63, 3.8) is 0 Å². The summed E-state index contributed by atoms with van der Waals surface area (Å²) < 4.78 is 0. The van der Waals surface area contributed by atoms with E-state index < -0.39 is 8.07 Å². The number of rotatable bonds is 3. The summed E-state index contributed by atoms with van der Waals surface area (Å²) in [5.41, 5.74) is 1.46. The Balaban J connectivity index is 1.94. The molecule has 0 bridgehead atoms. The van der Waals surface area contributed by atoms with Crippen LogP contribution in [0, 0.1) is 0 Å². The molecule has 1 fully saturated rings. The van der Waals surface area contributed by atoms with Crippen LogP contribution in [0.2, 0.25) is 19.6 Å². The summed E-state index contributed by atoms with van der Waals surface area (Å²) in [6.07, 6.45) is 0. The smallest absolute Gasteiger partial charge is 0.0775 e. The Morgan fingerprint density at radius 3 is 2.00 bits per heavy atom. The molecule has 1 aromatic rings. The predicted octanol–water partition coefficient (Wildman–Crippen LogP) is 1.98. The first kappa shape index (κ1) is 13.8. The third-order valence-electron chi connectivity index (χ3n) is 3.82. The number of likely N-dealkylation sites (N-methyl/N-ethyl adjacent to an activating group) is 1. The van der Waals surface area contributed by atoms with Crippen LogP contribution in [0.4, 0.5) is 0 Å². The van der Waals surface area contributed by atoms with E-state index >= 15 is 0 Å². The van der Waals surface area contributed by atoms with Crippen molar-refractivity contribution in [3.8, 4) is 0 Å². The van der Waals surface area contributed by atoms with E-state index in [1.807, 2.05) is 0 Å². The molecule has 100 valence electrons. The van der Waals surface area contributed by atoms with E-state index in [2.05, 4.69) is 60.8 Å². The highest BCUT2D eigenvalue weighted by Crippen LogP contribution is 2.09. The van der Waals surface area contributed by atoms with Gasteiger partial charge in [-0.3, -0.25) is 4.90 Å². The fourth-order valence-corrected chi connectivity index (χ4v) is 3.54. The van der Waals surface area contributed by atoms with Crippen LogP contribution in [0.15, 0.2) is 24.3 Å². The Morgan fingerprint density at radius 2 is 1.50 bits per heavy atom. The maximum absolute atomic E-state index is 2.56. The number of hydrogen-bond donors (Lipinski definition) is 0. The molecule has 0 unspecified atom stereocenters. The zero-order valence-electron chi connectivity index (χ0n) is 12.2. The van der Waals surface area contributed by atoms with Crippen molar-refractivity contribution < 1.29 is 0 Å². The van der Waals surface area contributed by atoms with Gasteiger partial charge in [0, 0.05) is 32.7 Å². The second-order valence-corrected chi connectivity index (χ2v) is 11.6. The van der Waals surface area contributed by atoms with Gasteiger partial charge in [0.25, 0.3) is 0 Å². The van der Waals surface area contributed by atoms with E-state index in [-0.39, 0.29) is 0 Å². The Hall–Kier alpha value is -0.643. The summed E-state index contributed by atoms with van der Waals surface area (Å²) >= 11 is 0. The summed E-state index contributed by atoms with van der Waals surface area (Å²) in [4.78, 5) is 4.97. The van der Waals surface area contributed by atoms with Gasteiger partial charge in [-0.25, -0.2) is 0 Å². The van der Waals surface area contributed by atoms with Crippen molar-refractivity contribution in [3.05, 3.63) is 29.8 Å². The second kappa shape index (κ2) is 5.55. The van der Waals surface area contributed by atoms with Crippen LogP contribution in [-0.2, 0) is 6.54 Å². The number of nitrogens with zero attached hydrogens (tertiary/aromatic N) is 2. The molecule has 0 aliphatic carbocycles. The summed E-state index contributed by atoms with van der Waals surface area (Å²) in [6.45, 7) is 13.1. The molecule has 1 aliphatic heterocycles. The van der Waals surface area contributed by atoms with Crippen LogP contribution in [0.3, 0.4) is 0 Å². The van der Waals surface area contributed by atoms with Crippen molar-refractivity contribution in [2.24, 2.45) is 0 Å². The monoisotopic (exact) mass is 262 g/mol. The summed E-state index contributed by atoms with van der Waals surface area (Å²) in [6, 6.07) is 9.34. The Kier molecular flexibility index (Phi) is 4.25. The first-order chi connectivity index (χ1) is 8.45. The molecule has 0 aromatic heterocycles. The number of benzene rings is 1. The van der Waals surface area contributed by atoms with E-state index in [9.17, 15) is 0 Å². The lowest BCUT2D eigenvalue weighted by atomic mass is 10.2. The lowest BCUT2D eigenvalue weighted by Gasteiger charge is -2.32. The first-order valence-corrected chi connectivity index (χ1v) is 10.5. The maximum atomic E-state index is 2.56. The Bertz CT molecular complexity index is 372. The van der Waals surface area contributed by atoms with Crippen LogP contribution in [-0.4, -0.2) is 51.1 Å². The quantitative estimate of drug-likeness (QED) is 0.769. The summed E-state index contributed by atoms with van der Waals surface area (Å²) in [5, 5.41) is 1.56. The molecule has 0 spiro atoms. The number of piperazine rings is 1. The van der Waals surface area contributed by atoms with E-state index in [1.54, 1.807) is 5.19 Å². The van der Waals surface area contributed by atoms with Crippen LogP contribution >= 0.6 is 0 Å². The highest BCUT2D eigenvalue weighted by Gasteiger charge is 2.17. The normalized spacial score (nSPS) is 19.1. The predicted molar refractivity (Wildman–Crippen MR) is 82.2 cm³/mol. The first-order valence-electron chi connectivity index (χ1n) is 6.95. The van der Waals surface area contributed by atoms with Crippen LogP contribution in [0.25, 0.3) is 0 Å². The van der Waals surface area contributed by atoms with Gasteiger partial charge in [-0.1, -0.05) is 49.1 Å². The zero-order valence-corrected chi connectivity index (χ0v) is 13.2. The third kappa shape index (κ3) is 3.67. The van der Waals surface area contributed by atoms with Crippen LogP contribution < -0.4 is 5.19 Å². The lowest BCUT2D eigenvalue weighted by Crippen LogP contribution is -2.44. The molecule has 1 heterocycles. The SMILES string of the molecule is CN1CCN(Cc2ccc([Si](C)(C)C)cc2)CC1. The minimum absolute atomic E-state index is 1.11. The van der Waals surface area contributed by atoms with Gasteiger partial charge in [-0.05, 0) is 12.6 Å². The van der Waals surface area contributed by atoms with Crippen molar-refractivity contribution >= 4 is 13.3 Å². The average molecular weight is 262 g/mol. The molecular formula is C15H26N2Si. The lowest BCUT2D eigenvalue weighted by molar-refractivity contribution is 0.148. The van der Waals surface area contributed by atoms with Gasteiger partial charge < -0.3 is 4.90 Å². The minimum Gasteiger partial charge on any atom is -0.304 e. The minimum atomic E-state index is -1.14. The standard InChI is InChI=1S/C15H26N2Si/c1-16-9-11-17(12-10-16)13-14-5-7-15(8-6-14)18(2,3)4/h5-8H,9-13H2,1-4H3. The van der Waals surface area contributed by atoms with Gasteiger partial charge in [0.15, 0.2) is 0 Å². The highest BCUT2D eigenvalue weighted by molar-refractivity contribution is 6.88. The largest absolute Gasteiger partial charge is 0.304 e. The molecule has 0 radical (unpaired) electrons. The molecule has 18 heavy (non-hydrogen) atoms. The fraction of sp³-hybridized carbons (Fsp3) is 0.600.